The predicted octanol–water partition coefficient (Wildman–Crippen LogP) is 2.24. The monoisotopic (exact) mass is 207 g/mol. The highest BCUT2D eigenvalue weighted by Gasteiger charge is 2.39. The maximum absolute atomic E-state index is 13.4. The Balaban J connectivity index is 4.56. The number of azide groups is 1. The second kappa shape index (κ2) is 5.66. The quantitative estimate of drug-likeness (QED) is 0.228. The smallest absolute Gasteiger partial charge is 0.360 e. The third-order valence-electron chi connectivity index (χ3n) is 1.04. The molecular formula is C6H10FN3O2S. The van der Waals surface area contributed by atoms with Gasteiger partial charge in [0.25, 0.3) is 0 Å². The highest BCUT2D eigenvalue weighted by Crippen LogP contribution is 2.30. The van der Waals surface area contributed by atoms with E-state index < -0.39 is 11.1 Å². The molecule has 0 aliphatic carbocycles. The van der Waals surface area contributed by atoms with Crippen molar-refractivity contribution < 1.29 is 13.9 Å². The molecule has 0 amide bonds. The lowest BCUT2D eigenvalue weighted by molar-refractivity contribution is -0.150. The standard InChI is InChI=1S/C6H10FN3O2S/c1-3-12-5(11)6(7,9-10-8)13-4-2/h3-4H2,1-2H3. The Morgan fingerprint density at radius 3 is 2.77 bits per heavy atom. The van der Waals surface area contributed by atoms with Crippen LogP contribution in [0.1, 0.15) is 13.8 Å². The molecule has 0 rings (SSSR count). The van der Waals surface area contributed by atoms with Crippen molar-refractivity contribution >= 4 is 17.7 Å². The highest BCUT2D eigenvalue weighted by molar-refractivity contribution is 8.01. The van der Waals surface area contributed by atoms with E-state index in [1.807, 2.05) is 0 Å². The minimum absolute atomic E-state index is 0.0513. The number of carbonyl (C=O) groups is 1. The third-order valence-corrected chi connectivity index (χ3v) is 1.96. The number of hydrogen-bond donors (Lipinski definition) is 0. The summed E-state index contributed by atoms with van der Waals surface area (Å²) in [6.07, 6.45) is 0. The largest absolute Gasteiger partial charge is 0.463 e. The summed E-state index contributed by atoms with van der Waals surface area (Å²) in [6, 6.07) is 0. The maximum atomic E-state index is 13.4. The van der Waals surface area contributed by atoms with Gasteiger partial charge in [-0.25, -0.2) is 9.18 Å². The molecule has 0 aromatic carbocycles. The molecule has 1 unspecified atom stereocenters. The van der Waals surface area contributed by atoms with Crippen LogP contribution in [-0.2, 0) is 9.53 Å². The number of rotatable bonds is 5. The average Bonchev–Trinajstić information content (AvgIpc) is 2.05. The summed E-state index contributed by atoms with van der Waals surface area (Å²) in [5, 5.41) is 0.141. The first-order valence-corrected chi connectivity index (χ1v) is 4.65. The van der Waals surface area contributed by atoms with Gasteiger partial charge in [0, 0.05) is 4.91 Å². The number of ether oxygens (including phenoxy) is 1. The first-order valence-electron chi connectivity index (χ1n) is 3.67. The van der Waals surface area contributed by atoms with Gasteiger partial charge < -0.3 is 4.74 Å². The predicted molar refractivity (Wildman–Crippen MR) is 47.8 cm³/mol. The second-order valence-electron chi connectivity index (χ2n) is 1.90. The van der Waals surface area contributed by atoms with Gasteiger partial charge in [-0.1, -0.05) is 6.92 Å². The fourth-order valence-electron chi connectivity index (χ4n) is 0.598. The minimum atomic E-state index is -2.63. The molecule has 0 aliphatic rings. The fraction of sp³-hybridized carbons (Fsp3) is 0.833. The normalized spacial score (nSPS) is 14.1. The zero-order valence-corrected chi connectivity index (χ0v) is 8.18. The molecule has 0 aliphatic heterocycles. The molecule has 0 fully saturated rings. The van der Waals surface area contributed by atoms with Crippen LogP contribution >= 0.6 is 11.8 Å². The van der Waals surface area contributed by atoms with Gasteiger partial charge in [0.2, 0.25) is 0 Å². The highest BCUT2D eigenvalue weighted by atomic mass is 32.2. The molecular weight excluding hydrogens is 197 g/mol. The SMILES string of the molecule is CCOC(=O)C(F)(N=[N+]=[N-])SCC. The number of nitrogens with zero attached hydrogens (tertiary/aromatic N) is 3. The number of hydrogen-bond acceptors (Lipinski definition) is 4. The lowest BCUT2D eigenvalue weighted by Crippen LogP contribution is -2.29. The lowest BCUT2D eigenvalue weighted by Gasteiger charge is -2.15. The number of carbonyl (C=O) groups excluding carboxylic acids is 1. The van der Waals surface area contributed by atoms with Crippen LogP contribution in [0.4, 0.5) is 4.39 Å². The molecule has 1 atom stereocenters. The van der Waals surface area contributed by atoms with Crippen molar-refractivity contribution in [1.82, 2.24) is 0 Å². The van der Waals surface area contributed by atoms with Crippen molar-refractivity contribution in [2.75, 3.05) is 12.4 Å². The van der Waals surface area contributed by atoms with E-state index in [0.717, 1.165) is 0 Å². The molecule has 0 N–H and O–H groups in total. The van der Waals surface area contributed by atoms with Gasteiger partial charge in [0.1, 0.15) is 0 Å². The van der Waals surface area contributed by atoms with Crippen LogP contribution in [0.3, 0.4) is 0 Å². The molecule has 0 aromatic heterocycles. The summed E-state index contributed by atoms with van der Waals surface area (Å²) in [5.41, 5.74) is 8.04. The van der Waals surface area contributed by atoms with Crippen molar-refractivity contribution in [2.45, 2.75) is 19.0 Å². The number of halogens is 1. The molecule has 0 heterocycles. The molecule has 0 aromatic rings. The Hall–Kier alpha value is -0.940. The van der Waals surface area contributed by atoms with Crippen LogP contribution in [0, 0.1) is 0 Å². The van der Waals surface area contributed by atoms with Gasteiger partial charge in [-0.3, -0.25) is 0 Å². The van der Waals surface area contributed by atoms with E-state index in [1.54, 1.807) is 13.8 Å². The van der Waals surface area contributed by atoms with Crippen LogP contribution in [-0.4, -0.2) is 23.5 Å². The zero-order valence-electron chi connectivity index (χ0n) is 7.36. The summed E-state index contributed by atoms with van der Waals surface area (Å²) in [5.74, 6) is -0.839. The van der Waals surface area contributed by atoms with Gasteiger partial charge in [-0.05, 0) is 23.3 Å². The van der Waals surface area contributed by atoms with Gasteiger partial charge >= 0.3 is 11.1 Å². The number of esters is 1. The van der Waals surface area contributed by atoms with E-state index in [2.05, 4.69) is 14.8 Å². The van der Waals surface area contributed by atoms with Crippen LogP contribution in [0.2, 0.25) is 0 Å². The Kier molecular flexibility index (Phi) is 5.25. The van der Waals surface area contributed by atoms with Crippen LogP contribution in [0.15, 0.2) is 5.11 Å². The minimum Gasteiger partial charge on any atom is -0.463 e. The summed E-state index contributed by atoms with van der Waals surface area (Å²) in [7, 11) is 0. The topological polar surface area (TPSA) is 75.1 Å². The Morgan fingerprint density at radius 1 is 1.77 bits per heavy atom. The fourth-order valence-corrected chi connectivity index (χ4v) is 1.25. The molecule has 0 saturated carbocycles. The van der Waals surface area contributed by atoms with Crippen molar-refractivity contribution in [1.29, 1.82) is 0 Å². The average molecular weight is 207 g/mol. The molecule has 0 bridgehead atoms. The van der Waals surface area contributed by atoms with Gasteiger partial charge in [0.15, 0.2) is 0 Å². The van der Waals surface area contributed by atoms with E-state index in [0.29, 0.717) is 17.5 Å². The number of alkyl halides is 1. The first kappa shape index (κ1) is 12.1. The van der Waals surface area contributed by atoms with Gasteiger partial charge in [-0.2, -0.15) is 0 Å². The maximum Gasteiger partial charge on any atom is 0.360 e. The first-order chi connectivity index (χ1) is 6.10. The summed E-state index contributed by atoms with van der Waals surface area (Å²) in [4.78, 5) is 13.2. The van der Waals surface area contributed by atoms with E-state index in [-0.39, 0.29) is 6.61 Å². The molecule has 0 radical (unpaired) electrons. The molecule has 74 valence electrons. The summed E-state index contributed by atoms with van der Waals surface area (Å²) < 4.78 is 17.9. The Labute approximate surface area is 79.3 Å². The van der Waals surface area contributed by atoms with E-state index in [1.165, 1.54) is 0 Å². The summed E-state index contributed by atoms with van der Waals surface area (Å²) in [6.45, 7) is 3.24. The van der Waals surface area contributed by atoms with Crippen LogP contribution in [0.5, 0.6) is 0 Å². The molecule has 0 saturated heterocycles. The summed E-state index contributed by atoms with van der Waals surface area (Å²) >= 11 is 0.590. The van der Waals surface area contributed by atoms with Crippen molar-refractivity contribution in [3.05, 3.63) is 10.4 Å². The molecule has 13 heavy (non-hydrogen) atoms. The number of thioether (sulfide) groups is 1. The second-order valence-corrected chi connectivity index (χ2v) is 3.31. The van der Waals surface area contributed by atoms with Crippen molar-refractivity contribution in [2.24, 2.45) is 5.11 Å². The van der Waals surface area contributed by atoms with Crippen molar-refractivity contribution in [3.63, 3.8) is 0 Å². The zero-order chi connectivity index (χ0) is 10.3. The van der Waals surface area contributed by atoms with Crippen molar-refractivity contribution in [3.8, 4) is 0 Å². The van der Waals surface area contributed by atoms with Crippen LogP contribution in [0.25, 0.3) is 10.4 Å². The molecule has 7 heteroatoms. The lowest BCUT2D eigenvalue weighted by atomic mass is 10.6. The van der Waals surface area contributed by atoms with E-state index >= 15 is 0 Å². The Morgan fingerprint density at radius 2 is 2.38 bits per heavy atom. The molecule has 5 nitrogen and oxygen atoms in total. The molecule has 0 spiro atoms. The third kappa shape index (κ3) is 3.52. The van der Waals surface area contributed by atoms with Gasteiger partial charge in [-0.15, -0.1) is 11.8 Å². The van der Waals surface area contributed by atoms with E-state index in [4.69, 9.17) is 5.53 Å². The van der Waals surface area contributed by atoms with Gasteiger partial charge in [0.05, 0.1) is 6.61 Å². The van der Waals surface area contributed by atoms with E-state index in [9.17, 15) is 9.18 Å². The Bertz CT molecular complexity index is 232. The van der Waals surface area contributed by atoms with Crippen LogP contribution < -0.4 is 0 Å².